The second kappa shape index (κ2) is 16.8. The Morgan fingerprint density at radius 2 is 0.952 bits per heavy atom. The molecule has 0 unspecified atom stereocenters. The van der Waals surface area contributed by atoms with Gasteiger partial charge < -0.3 is 21.5 Å². The molecule has 0 saturated heterocycles. The van der Waals surface area contributed by atoms with E-state index in [0.29, 0.717) is 0 Å². The molecule has 0 aromatic rings. The molecule has 0 amide bonds. The smallest absolute Gasteiger partial charge is 0.0886 e. The highest BCUT2D eigenvalue weighted by Crippen LogP contribution is 2.13. The molecular weight excluding hydrogens is 322 g/mol. The van der Waals surface area contributed by atoms with Gasteiger partial charge in [0.15, 0.2) is 0 Å². The van der Waals surface area contributed by atoms with Crippen molar-refractivity contribution in [3.63, 3.8) is 0 Å². The number of hydrogen-bond donors (Lipinski definition) is 0. The third-order valence-electron chi connectivity index (χ3n) is 4.07. The summed E-state index contributed by atoms with van der Waals surface area (Å²) in [5, 5.41) is 0. The molecule has 0 N–H and O–H groups in total. The van der Waals surface area contributed by atoms with E-state index in [1.807, 2.05) is 14.1 Å². The van der Waals surface area contributed by atoms with Gasteiger partial charge in [0.2, 0.25) is 0 Å². The normalized spacial score (nSPS) is 14.1. The van der Waals surface area contributed by atoms with Crippen LogP contribution in [0.5, 0.6) is 0 Å². The Kier molecular flexibility index (Phi) is 14.2. The molecule has 0 aromatic carbocycles. The van der Waals surface area contributed by atoms with Crippen molar-refractivity contribution < 1.29 is 25.6 Å². The summed E-state index contributed by atoms with van der Waals surface area (Å²) in [5.41, 5.74) is 0. The van der Waals surface area contributed by atoms with Crippen LogP contribution in [0.2, 0.25) is 0 Å². The molecule has 0 aliphatic carbocycles. The van der Waals surface area contributed by atoms with Gasteiger partial charge in [-0.25, -0.2) is 0 Å². The highest BCUT2D eigenvalue weighted by atomic mass is 79.9. The van der Waals surface area contributed by atoms with E-state index in [9.17, 15) is 0 Å². The Morgan fingerprint density at radius 1 is 0.619 bits per heavy atom. The van der Waals surface area contributed by atoms with Gasteiger partial charge >= 0.3 is 0 Å². The molecule has 0 heterocycles. The first kappa shape index (κ1) is 17.8. The number of rotatable bonds is 15. The summed E-state index contributed by atoms with van der Waals surface area (Å²) in [6, 6.07) is 0. The summed E-state index contributed by atoms with van der Waals surface area (Å²) < 4.78 is 22.7. The van der Waals surface area contributed by atoms with Crippen LogP contribution in [0.1, 0.15) is 101 Å². The lowest BCUT2D eigenvalue weighted by atomic mass is 10.0. The van der Waals surface area contributed by atoms with Crippen molar-refractivity contribution >= 4 is 0 Å². The molecule has 2 heteroatoms. The molecule has 0 saturated carbocycles. The number of halogens is 1. The van der Waals surface area contributed by atoms with E-state index >= 15 is 0 Å². The van der Waals surface area contributed by atoms with Crippen molar-refractivity contribution in [2.75, 3.05) is 27.6 Å². The SMILES string of the molecule is [2H]C([2H])([2H])[N+](C)(C)CCCCCCCCCCCCCCCC.[Br-]. The number of nitrogens with zero attached hydrogens (tertiary/aromatic N) is 1. The molecule has 0 aliphatic heterocycles. The Morgan fingerprint density at radius 3 is 1.29 bits per heavy atom. The van der Waals surface area contributed by atoms with E-state index in [1.54, 1.807) is 0 Å². The van der Waals surface area contributed by atoms with E-state index in [2.05, 4.69) is 6.92 Å². The monoisotopic (exact) mass is 366 g/mol. The molecule has 0 aromatic heterocycles. The Balaban J connectivity index is 0. The van der Waals surface area contributed by atoms with Crippen LogP contribution in [-0.4, -0.2) is 32.1 Å². The molecule has 0 aliphatic rings. The maximum atomic E-state index is 7.51. The number of quaternary nitrogens is 1. The van der Waals surface area contributed by atoms with Crippen LogP contribution in [0, 0.1) is 0 Å². The molecule has 0 fully saturated rings. The van der Waals surface area contributed by atoms with Gasteiger partial charge in [0, 0.05) is 0 Å². The van der Waals surface area contributed by atoms with Crippen LogP contribution in [0.25, 0.3) is 0 Å². The minimum absolute atomic E-state index is 0. The standard InChI is InChI=1S/C19H42N.BrH/c1-5-6-7-8-9-10-11-12-13-14-15-16-17-18-19-20(2,3)4;/h5-19H2,1-4H3;1H/q+1;/p-1/i2D3;. The Labute approximate surface area is 150 Å². The molecular formula is C19H42BrN. The third kappa shape index (κ3) is 22.9. The quantitative estimate of drug-likeness (QED) is 0.308. The van der Waals surface area contributed by atoms with Gasteiger partial charge in [-0.2, -0.15) is 0 Å². The van der Waals surface area contributed by atoms with Gasteiger partial charge in [-0.3, -0.25) is 0 Å². The summed E-state index contributed by atoms with van der Waals surface area (Å²) in [5.74, 6) is 0. The Bertz CT molecular complexity index is 268. The topological polar surface area (TPSA) is 0 Å². The van der Waals surface area contributed by atoms with Crippen molar-refractivity contribution in [2.24, 2.45) is 0 Å². The molecule has 1 nitrogen and oxygen atoms in total. The van der Waals surface area contributed by atoms with E-state index in [1.165, 1.54) is 83.5 Å². The van der Waals surface area contributed by atoms with Crippen molar-refractivity contribution in [1.82, 2.24) is 0 Å². The number of hydrogen-bond acceptors (Lipinski definition) is 0. The summed E-state index contributed by atoms with van der Waals surface area (Å²) >= 11 is 0. The highest BCUT2D eigenvalue weighted by Gasteiger charge is 2.04. The van der Waals surface area contributed by atoms with Crippen molar-refractivity contribution in [3.8, 4) is 0 Å². The maximum absolute atomic E-state index is 7.51. The van der Waals surface area contributed by atoms with Crippen LogP contribution in [0.4, 0.5) is 0 Å². The van der Waals surface area contributed by atoms with Gasteiger partial charge in [0.25, 0.3) is 0 Å². The highest BCUT2D eigenvalue weighted by molar-refractivity contribution is 4.49. The molecule has 0 rings (SSSR count). The zero-order valence-corrected chi connectivity index (χ0v) is 16.5. The molecule has 0 radical (unpaired) electrons. The van der Waals surface area contributed by atoms with Gasteiger partial charge in [0.05, 0.1) is 31.7 Å². The van der Waals surface area contributed by atoms with Crippen molar-refractivity contribution in [3.05, 3.63) is 0 Å². The van der Waals surface area contributed by atoms with Gasteiger partial charge in [-0.15, -0.1) is 0 Å². The van der Waals surface area contributed by atoms with Gasteiger partial charge in [0.1, 0.15) is 0 Å². The van der Waals surface area contributed by atoms with E-state index < -0.39 is 6.98 Å². The molecule has 21 heavy (non-hydrogen) atoms. The lowest BCUT2D eigenvalue weighted by molar-refractivity contribution is -0.870. The summed E-state index contributed by atoms with van der Waals surface area (Å²) in [7, 11) is 3.63. The first-order valence-electron chi connectivity index (χ1n) is 10.6. The number of unbranched alkanes of at least 4 members (excludes halogenated alkanes) is 13. The molecule has 130 valence electrons. The van der Waals surface area contributed by atoms with E-state index in [-0.39, 0.29) is 21.5 Å². The fourth-order valence-electron chi connectivity index (χ4n) is 2.70. The second-order valence-electron chi connectivity index (χ2n) is 7.00. The third-order valence-corrected chi connectivity index (χ3v) is 4.07. The largest absolute Gasteiger partial charge is 1.00 e. The maximum Gasteiger partial charge on any atom is 0.0886 e. The van der Waals surface area contributed by atoms with Gasteiger partial charge in [-0.05, 0) is 12.8 Å². The van der Waals surface area contributed by atoms with Crippen LogP contribution in [0.3, 0.4) is 0 Å². The lowest BCUT2D eigenvalue weighted by Gasteiger charge is -2.23. The fraction of sp³-hybridized carbons (Fsp3) is 1.00. The van der Waals surface area contributed by atoms with Crippen LogP contribution in [0.15, 0.2) is 0 Å². The van der Waals surface area contributed by atoms with Crippen LogP contribution >= 0.6 is 0 Å². The minimum atomic E-state index is -1.88. The fourth-order valence-corrected chi connectivity index (χ4v) is 2.70. The predicted octanol–water partition coefficient (Wildman–Crippen LogP) is 3.18. The molecule has 0 spiro atoms. The minimum Gasteiger partial charge on any atom is -1.00 e. The van der Waals surface area contributed by atoms with E-state index in [0.717, 1.165) is 13.0 Å². The lowest BCUT2D eigenvalue weighted by Crippen LogP contribution is -3.00. The second-order valence-corrected chi connectivity index (χ2v) is 7.00. The first-order valence-corrected chi connectivity index (χ1v) is 9.14. The zero-order chi connectivity index (χ0) is 17.6. The molecule has 0 bridgehead atoms. The van der Waals surface area contributed by atoms with Crippen molar-refractivity contribution in [2.45, 2.75) is 96.8 Å². The van der Waals surface area contributed by atoms with E-state index in [4.69, 9.17) is 4.11 Å². The van der Waals surface area contributed by atoms with Crippen molar-refractivity contribution in [1.29, 1.82) is 0 Å². The predicted molar refractivity (Wildman–Crippen MR) is 93.2 cm³/mol. The summed E-state index contributed by atoms with van der Waals surface area (Å²) in [4.78, 5) is 0. The van der Waals surface area contributed by atoms with Crippen LogP contribution < -0.4 is 17.0 Å². The zero-order valence-electron chi connectivity index (χ0n) is 17.9. The van der Waals surface area contributed by atoms with Crippen LogP contribution in [-0.2, 0) is 0 Å². The average molecular weight is 367 g/mol. The summed E-state index contributed by atoms with van der Waals surface area (Å²) in [6.45, 7) is 1.15. The Hall–Kier alpha value is 0.440. The van der Waals surface area contributed by atoms with Gasteiger partial charge in [-0.1, -0.05) is 84.0 Å². The summed E-state index contributed by atoms with van der Waals surface area (Å²) in [6.07, 6.45) is 18.8. The average Bonchev–Trinajstić information content (AvgIpc) is 2.46. The molecule has 0 atom stereocenters. The first-order chi connectivity index (χ1) is 10.8.